The molecule has 0 aliphatic carbocycles. The molecule has 1 fully saturated rings. The molecule has 1 aliphatic rings. The minimum atomic E-state index is -0.289. The first-order valence-electron chi connectivity index (χ1n) is 6.07. The summed E-state index contributed by atoms with van der Waals surface area (Å²) in [6, 6.07) is 0. The molecule has 0 aromatic rings. The van der Waals surface area contributed by atoms with Gasteiger partial charge in [0.2, 0.25) is 6.29 Å². The third-order valence-corrected chi connectivity index (χ3v) is 2.64. The summed E-state index contributed by atoms with van der Waals surface area (Å²) < 4.78 is 10.6. The van der Waals surface area contributed by atoms with Gasteiger partial charge in [0.15, 0.2) is 0 Å². The van der Waals surface area contributed by atoms with E-state index in [1.165, 1.54) is 25.7 Å². The molecule has 0 amide bonds. The summed E-state index contributed by atoms with van der Waals surface area (Å²) in [7, 11) is 0. The van der Waals surface area contributed by atoms with Crippen LogP contribution < -0.4 is 0 Å². The van der Waals surface area contributed by atoms with E-state index in [0.717, 1.165) is 12.8 Å². The highest BCUT2D eigenvalue weighted by Crippen LogP contribution is 2.18. The molecule has 0 spiro atoms. The lowest BCUT2D eigenvalue weighted by molar-refractivity contribution is -0.214. The van der Waals surface area contributed by atoms with E-state index in [1.807, 2.05) is 6.92 Å². The van der Waals surface area contributed by atoms with Crippen molar-refractivity contribution in [2.75, 3.05) is 0 Å². The van der Waals surface area contributed by atoms with Gasteiger partial charge < -0.3 is 9.47 Å². The van der Waals surface area contributed by atoms with E-state index in [1.54, 1.807) is 0 Å². The Bertz CT molecular complexity index is 191. The van der Waals surface area contributed by atoms with E-state index >= 15 is 0 Å². The third-order valence-electron chi connectivity index (χ3n) is 2.64. The largest absolute Gasteiger partial charge is 0.436 e. The standard InChI is InChI=1S/C12H22O3/c1-3-4-5-6-7-8-12-14-10(2)9-11(13)15-12/h10,12H,3-9H2,1-2H3/t10-,12-/m1/s1. The number of ether oxygens (including phenoxy) is 2. The zero-order valence-electron chi connectivity index (χ0n) is 9.83. The molecule has 0 bridgehead atoms. The van der Waals surface area contributed by atoms with E-state index < -0.39 is 0 Å². The van der Waals surface area contributed by atoms with Crippen molar-refractivity contribution in [2.45, 2.75) is 71.2 Å². The maximum Gasteiger partial charge on any atom is 0.310 e. The number of carbonyl (C=O) groups is 1. The second-order valence-electron chi connectivity index (χ2n) is 4.27. The van der Waals surface area contributed by atoms with Crippen molar-refractivity contribution in [3.05, 3.63) is 0 Å². The van der Waals surface area contributed by atoms with E-state index in [-0.39, 0.29) is 18.4 Å². The van der Waals surface area contributed by atoms with Gasteiger partial charge in [-0.25, -0.2) is 0 Å². The van der Waals surface area contributed by atoms with Crippen molar-refractivity contribution in [3.63, 3.8) is 0 Å². The second-order valence-corrected chi connectivity index (χ2v) is 4.27. The van der Waals surface area contributed by atoms with Crippen molar-refractivity contribution in [1.82, 2.24) is 0 Å². The van der Waals surface area contributed by atoms with Gasteiger partial charge in [0.1, 0.15) is 0 Å². The van der Waals surface area contributed by atoms with Gasteiger partial charge in [-0.3, -0.25) is 4.79 Å². The van der Waals surface area contributed by atoms with Crippen LogP contribution in [0.5, 0.6) is 0 Å². The van der Waals surface area contributed by atoms with Crippen LogP contribution >= 0.6 is 0 Å². The molecular weight excluding hydrogens is 192 g/mol. The summed E-state index contributed by atoms with van der Waals surface area (Å²) in [4.78, 5) is 11.1. The van der Waals surface area contributed by atoms with Crippen LogP contribution in [0.25, 0.3) is 0 Å². The highest BCUT2D eigenvalue weighted by atomic mass is 16.7. The number of cyclic esters (lactones) is 1. The van der Waals surface area contributed by atoms with Crippen molar-refractivity contribution in [2.24, 2.45) is 0 Å². The lowest BCUT2D eigenvalue weighted by Crippen LogP contribution is -2.33. The Morgan fingerprint density at radius 2 is 2.00 bits per heavy atom. The topological polar surface area (TPSA) is 35.5 Å². The van der Waals surface area contributed by atoms with Gasteiger partial charge in [-0.15, -0.1) is 0 Å². The van der Waals surface area contributed by atoms with Gasteiger partial charge in [0, 0.05) is 6.42 Å². The molecule has 0 aromatic heterocycles. The van der Waals surface area contributed by atoms with Crippen LogP contribution in [0.15, 0.2) is 0 Å². The van der Waals surface area contributed by atoms with E-state index in [2.05, 4.69) is 6.92 Å². The molecule has 0 N–H and O–H groups in total. The van der Waals surface area contributed by atoms with Crippen LogP contribution in [0.4, 0.5) is 0 Å². The van der Waals surface area contributed by atoms with E-state index in [9.17, 15) is 4.79 Å². The summed E-state index contributed by atoms with van der Waals surface area (Å²) in [6.45, 7) is 4.12. The van der Waals surface area contributed by atoms with Gasteiger partial charge >= 0.3 is 5.97 Å². The molecular formula is C12H22O3. The van der Waals surface area contributed by atoms with Gasteiger partial charge in [0.05, 0.1) is 12.5 Å². The molecule has 0 radical (unpaired) electrons. The number of hydrogen-bond donors (Lipinski definition) is 0. The lowest BCUT2D eigenvalue weighted by Gasteiger charge is -2.27. The normalized spacial score (nSPS) is 26.4. The Morgan fingerprint density at radius 3 is 2.67 bits per heavy atom. The summed E-state index contributed by atoms with van der Waals surface area (Å²) in [5.74, 6) is -0.118. The molecule has 1 saturated heterocycles. The van der Waals surface area contributed by atoms with Gasteiger partial charge in [-0.05, 0) is 13.3 Å². The highest BCUT2D eigenvalue weighted by Gasteiger charge is 2.25. The predicted molar refractivity (Wildman–Crippen MR) is 58.4 cm³/mol. The quantitative estimate of drug-likeness (QED) is 0.503. The van der Waals surface area contributed by atoms with E-state index in [0.29, 0.717) is 6.42 Å². The Balaban J connectivity index is 2.07. The van der Waals surface area contributed by atoms with Gasteiger partial charge in [0.25, 0.3) is 0 Å². The molecule has 0 unspecified atom stereocenters. The summed E-state index contributed by atoms with van der Waals surface area (Å²) >= 11 is 0. The predicted octanol–water partition coefficient (Wildman–Crippen LogP) is 3.03. The van der Waals surface area contributed by atoms with Crippen molar-refractivity contribution < 1.29 is 14.3 Å². The van der Waals surface area contributed by atoms with Crippen LogP contribution in [-0.4, -0.2) is 18.4 Å². The fraction of sp³-hybridized carbons (Fsp3) is 0.917. The Labute approximate surface area is 92.1 Å². The maximum absolute atomic E-state index is 11.1. The van der Waals surface area contributed by atoms with Crippen LogP contribution in [-0.2, 0) is 14.3 Å². The molecule has 1 aliphatic heterocycles. The minimum Gasteiger partial charge on any atom is -0.436 e. The first kappa shape index (κ1) is 12.5. The number of rotatable bonds is 6. The molecule has 0 aromatic carbocycles. The molecule has 3 nitrogen and oxygen atoms in total. The molecule has 0 saturated carbocycles. The SMILES string of the molecule is CCCCCCC[C@H]1OC(=O)C[C@@H](C)O1. The smallest absolute Gasteiger partial charge is 0.310 e. The van der Waals surface area contributed by atoms with Gasteiger partial charge in [-0.2, -0.15) is 0 Å². The monoisotopic (exact) mass is 214 g/mol. The van der Waals surface area contributed by atoms with Crippen LogP contribution in [0, 0.1) is 0 Å². The number of hydrogen-bond acceptors (Lipinski definition) is 3. The van der Waals surface area contributed by atoms with Crippen molar-refractivity contribution >= 4 is 5.97 Å². The third kappa shape index (κ3) is 5.17. The number of esters is 1. The fourth-order valence-corrected chi connectivity index (χ4v) is 1.81. The Kier molecular flexibility index (Phi) is 5.69. The average Bonchev–Trinajstić information content (AvgIpc) is 2.16. The van der Waals surface area contributed by atoms with Crippen molar-refractivity contribution in [3.8, 4) is 0 Å². The Morgan fingerprint density at radius 1 is 1.27 bits per heavy atom. The molecule has 1 heterocycles. The second kappa shape index (κ2) is 6.83. The summed E-state index contributed by atoms with van der Waals surface area (Å²) in [6.07, 6.45) is 7.09. The molecule has 3 heteroatoms. The van der Waals surface area contributed by atoms with E-state index in [4.69, 9.17) is 9.47 Å². The van der Waals surface area contributed by atoms with Crippen LogP contribution in [0.3, 0.4) is 0 Å². The first-order valence-corrected chi connectivity index (χ1v) is 6.07. The van der Waals surface area contributed by atoms with Crippen LogP contribution in [0.2, 0.25) is 0 Å². The van der Waals surface area contributed by atoms with Crippen molar-refractivity contribution in [1.29, 1.82) is 0 Å². The maximum atomic E-state index is 11.1. The molecule has 1 rings (SSSR count). The molecule has 15 heavy (non-hydrogen) atoms. The number of carbonyl (C=O) groups excluding carboxylic acids is 1. The molecule has 88 valence electrons. The van der Waals surface area contributed by atoms with Gasteiger partial charge in [-0.1, -0.05) is 32.6 Å². The summed E-state index contributed by atoms with van der Waals surface area (Å²) in [5.41, 5.74) is 0. The first-order chi connectivity index (χ1) is 7.22. The summed E-state index contributed by atoms with van der Waals surface area (Å²) in [5, 5.41) is 0. The Hall–Kier alpha value is -0.570. The fourth-order valence-electron chi connectivity index (χ4n) is 1.81. The van der Waals surface area contributed by atoms with Crippen LogP contribution in [0.1, 0.15) is 58.8 Å². The average molecular weight is 214 g/mol. The zero-order chi connectivity index (χ0) is 11.1. The highest BCUT2D eigenvalue weighted by molar-refractivity contribution is 5.70. The molecule has 2 atom stereocenters. The lowest BCUT2D eigenvalue weighted by atomic mass is 10.1. The number of unbranched alkanes of at least 4 members (excludes halogenated alkanes) is 4. The zero-order valence-corrected chi connectivity index (χ0v) is 9.83. The minimum absolute atomic E-state index is 0.0203.